The van der Waals surface area contributed by atoms with Crippen molar-refractivity contribution < 1.29 is 4.79 Å². The van der Waals surface area contributed by atoms with E-state index in [0.29, 0.717) is 0 Å². The molecule has 1 atom stereocenters. The van der Waals surface area contributed by atoms with Gasteiger partial charge in [-0.1, -0.05) is 64.5 Å². The number of nitrogens with one attached hydrogen (secondary N) is 2. The third kappa shape index (κ3) is 4.30. The summed E-state index contributed by atoms with van der Waals surface area (Å²) in [5.74, 6) is -0.200. The molecule has 0 fully saturated rings. The number of fused-ring (bicyclic) bond motifs is 2. The van der Waals surface area contributed by atoms with E-state index in [2.05, 4.69) is 62.1 Å². The van der Waals surface area contributed by atoms with Crippen LogP contribution in [0.2, 0.25) is 0 Å². The molecule has 4 nitrogen and oxygen atoms in total. The fraction of sp³-hybridized carbons (Fsp3) is 0.0833. The molecule has 4 rings (SSSR count). The number of carbonyl (C=O) groups excluding carboxylic acids is 1. The van der Waals surface area contributed by atoms with Gasteiger partial charge in [0.15, 0.2) is 0 Å². The molecule has 29 heavy (non-hydrogen) atoms. The topological polar surface area (TPSA) is 53.5 Å². The zero-order valence-corrected chi connectivity index (χ0v) is 17.5. The van der Waals surface area contributed by atoms with Gasteiger partial charge in [-0.15, -0.1) is 0 Å². The molecule has 0 heterocycles. The van der Waals surface area contributed by atoms with E-state index in [0.717, 1.165) is 37.3 Å². The zero-order valence-electron chi connectivity index (χ0n) is 15.9. The number of rotatable bonds is 5. The van der Waals surface area contributed by atoms with Crippen molar-refractivity contribution in [1.29, 1.82) is 0 Å². The number of halogens is 1. The molecule has 2 N–H and O–H groups in total. The van der Waals surface area contributed by atoms with Crippen LogP contribution >= 0.6 is 15.9 Å². The number of hydrazone groups is 1. The van der Waals surface area contributed by atoms with E-state index in [4.69, 9.17) is 0 Å². The number of anilines is 1. The Morgan fingerprint density at radius 2 is 1.52 bits per heavy atom. The number of amides is 1. The van der Waals surface area contributed by atoms with Crippen LogP contribution in [-0.4, -0.2) is 18.2 Å². The largest absolute Gasteiger partial charge is 0.374 e. The van der Waals surface area contributed by atoms with Gasteiger partial charge in [0, 0.05) is 15.7 Å². The normalized spacial score (nSPS) is 12.3. The van der Waals surface area contributed by atoms with Gasteiger partial charge >= 0.3 is 0 Å². The molecule has 144 valence electrons. The second-order valence-electron chi connectivity index (χ2n) is 6.84. The van der Waals surface area contributed by atoms with Crippen LogP contribution in [0.15, 0.2) is 88.4 Å². The van der Waals surface area contributed by atoms with Crippen LogP contribution in [0.4, 0.5) is 5.69 Å². The molecule has 4 aromatic rings. The van der Waals surface area contributed by atoms with Crippen molar-refractivity contribution in [2.45, 2.75) is 13.0 Å². The summed E-state index contributed by atoms with van der Waals surface area (Å²) < 4.78 is 0.993. The molecule has 1 amide bonds. The average Bonchev–Trinajstić information content (AvgIpc) is 2.74. The first-order chi connectivity index (χ1) is 14.1. The maximum Gasteiger partial charge on any atom is 0.262 e. The van der Waals surface area contributed by atoms with Gasteiger partial charge < -0.3 is 5.32 Å². The molecule has 0 unspecified atom stereocenters. The van der Waals surface area contributed by atoms with E-state index in [1.165, 1.54) is 0 Å². The van der Waals surface area contributed by atoms with E-state index in [9.17, 15) is 4.79 Å². The summed E-state index contributed by atoms with van der Waals surface area (Å²) in [6.45, 7) is 1.81. The van der Waals surface area contributed by atoms with E-state index >= 15 is 0 Å². The van der Waals surface area contributed by atoms with Gasteiger partial charge in [-0.3, -0.25) is 4.79 Å². The van der Waals surface area contributed by atoms with Gasteiger partial charge in [-0.2, -0.15) is 5.10 Å². The Balaban J connectivity index is 1.54. The van der Waals surface area contributed by atoms with E-state index in [1.54, 1.807) is 13.1 Å². The molecule has 0 aliphatic rings. The van der Waals surface area contributed by atoms with Crippen molar-refractivity contribution in [2.75, 3.05) is 5.32 Å². The van der Waals surface area contributed by atoms with Crippen LogP contribution in [-0.2, 0) is 4.79 Å². The van der Waals surface area contributed by atoms with E-state index < -0.39 is 6.04 Å². The Labute approximate surface area is 177 Å². The Morgan fingerprint density at radius 1 is 0.931 bits per heavy atom. The molecule has 4 aromatic carbocycles. The standard InChI is InChI=1S/C24H20BrN3O/c1-16(27-20-12-10-19(25)11-13-20)24(29)28-26-15-23-21-8-4-2-6-17(21)14-18-7-3-5-9-22(18)23/h2-16,27H,1H3,(H,28,29)/b26-15-/t16-/m0/s1. The molecule has 0 saturated carbocycles. The second-order valence-corrected chi connectivity index (χ2v) is 7.76. The fourth-order valence-electron chi connectivity index (χ4n) is 3.31. The summed E-state index contributed by atoms with van der Waals surface area (Å²) in [5.41, 5.74) is 4.52. The molecule has 5 heteroatoms. The highest BCUT2D eigenvalue weighted by Crippen LogP contribution is 2.27. The van der Waals surface area contributed by atoms with Crippen molar-refractivity contribution in [2.24, 2.45) is 5.10 Å². The summed E-state index contributed by atoms with van der Waals surface area (Å²) in [6.07, 6.45) is 1.73. The summed E-state index contributed by atoms with van der Waals surface area (Å²) >= 11 is 3.40. The maximum atomic E-state index is 12.4. The number of hydrogen-bond acceptors (Lipinski definition) is 3. The average molecular weight is 446 g/mol. The minimum atomic E-state index is -0.419. The third-order valence-corrected chi connectivity index (χ3v) is 5.33. The molecular formula is C24H20BrN3O. The molecule has 0 saturated heterocycles. The van der Waals surface area contributed by atoms with Crippen molar-refractivity contribution in [1.82, 2.24) is 5.43 Å². The lowest BCUT2D eigenvalue weighted by atomic mass is 9.97. The lowest BCUT2D eigenvalue weighted by molar-refractivity contribution is -0.121. The highest BCUT2D eigenvalue weighted by atomic mass is 79.9. The summed E-state index contributed by atoms with van der Waals surface area (Å²) in [7, 11) is 0. The zero-order chi connectivity index (χ0) is 20.2. The Morgan fingerprint density at radius 3 is 2.14 bits per heavy atom. The fourth-order valence-corrected chi connectivity index (χ4v) is 3.57. The van der Waals surface area contributed by atoms with Crippen LogP contribution in [0, 0.1) is 0 Å². The molecule has 0 radical (unpaired) electrons. The first-order valence-corrected chi connectivity index (χ1v) is 10.2. The maximum absolute atomic E-state index is 12.4. The molecule has 0 aromatic heterocycles. The van der Waals surface area contributed by atoms with Crippen molar-refractivity contribution >= 4 is 55.3 Å². The van der Waals surface area contributed by atoms with Gasteiger partial charge in [0.25, 0.3) is 5.91 Å². The van der Waals surface area contributed by atoms with Crippen molar-refractivity contribution in [3.05, 3.63) is 88.9 Å². The van der Waals surface area contributed by atoms with Gasteiger partial charge in [0.1, 0.15) is 6.04 Å². The lowest BCUT2D eigenvalue weighted by Gasteiger charge is -2.13. The molecule has 0 aliphatic heterocycles. The Kier molecular flexibility index (Phi) is 5.58. The number of nitrogens with zero attached hydrogens (tertiary/aromatic N) is 1. The van der Waals surface area contributed by atoms with Crippen molar-refractivity contribution in [3.8, 4) is 0 Å². The second kappa shape index (κ2) is 8.45. The summed E-state index contributed by atoms with van der Waals surface area (Å²) in [4.78, 5) is 12.4. The van der Waals surface area contributed by atoms with E-state index in [1.807, 2.05) is 48.5 Å². The SMILES string of the molecule is C[C@H](Nc1ccc(Br)cc1)C(=O)N/N=C\c1c2ccccc2cc2ccccc12. The quantitative estimate of drug-likeness (QED) is 0.235. The van der Waals surface area contributed by atoms with Gasteiger partial charge in [-0.05, 0) is 58.8 Å². The van der Waals surface area contributed by atoms with E-state index in [-0.39, 0.29) is 5.91 Å². The van der Waals surface area contributed by atoms with Crippen LogP contribution in [0.5, 0.6) is 0 Å². The third-order valence-electron chi connectivity index (χ3n) is 4.80. The van der Waals surface area contributed by atoms with Crippen molar-refractivity contribution in [3.63, 3.8) is 0 Å². The Hall–Kier alpha value is -3.18. The number of benzene rings is 4. The van der Waals surface area contributed by atoms with Gasteiger partial charge in [-0.25, -0.2) is 5.43 Å². The van der Waals surface area contributed by atoms with Gasteiger partial charge in [0.2, 0.25) is 0 Å². The number of carbonyl (C=O) groups is 1. The van der Waals surface area contributed by atoms with Crippen LogP contribution < -0.4 is 10.7 Å². The van der Waals surface area contributed by atoms with Crippen LogP contribution in [0.25, 0.3) is 21.5 Å². The highest BCUT2D eigenvalue weighted by molar-refractivity contribution is 9.10. The first-order valence-electron chi connectivity index (χ1n) is 9.37. The van der Waals surface area contributed by atoms with Crippen LogP contribution in [0.1, 0.15) is 12.5 Å². The monoisotopic (exact) mass is 445 g/mol. The minimum Gasteiger partial charge on any atom is -0.374 e. The summed E-state index contributed by atoms with van der Waals surface area (Å²) in [6, 6.07) is 25.8. The lowest BCUT2D eigenvalue weighted by Crippen LogP contribution is -2.34. The predicted octanol–water partition coefficient (Wildman–Crippen LogP) is 5.71. The smallest absolute Gasteiger partial charge is 0.262 e. The van der Waals surface area contributed by atoms with Gasteiger partial charge in [0.05, 0.1) is 6.21 Å². The predicted molar refractivity (Wildman–Crippen MR) is 124 cm³/mol. The minimum absolute atomic E-state index is 0.200. The molecule has 0 bridgehead atoms. The number of hydrogen-bond donors (Lipinski definition) is 2. The first kappa shape index (κ1) is 19.2. The van der Waals surface area contributed by atoms with Crippen LogP contribution in [0.3, 0.4) is 0 Å². The highest BCUT2D eigenvalue weighted by Gasteiger charge is 2.12. The summed E-state index contributed by atoms with van der Waals surface area (Å²) in [5, 5.41) is 11.9. The Bertz CT molecular complexity index is 1150. The molecular weight excluding hydrogens is 426 g/mol. The molecule has 0 spiro atoms. The molecule has 0 aliphatic carbocycles.